The Hall–Kier alpha value is -3.06. The fourth-order valence-electron chi connectivity index (χ4n) is 2.72. The van der Waals surface area contributed by atoms with Crippen LogP contribution in [0, 0.1) is 5.82 Å². The molecule has 0 fully saturated rings. The molecule has 0 saturated carbocycles. The van der Waals surface area contributed by atoms with Gasteiger partial charge in [0.25, 0.3) is 0 Å². The molecule has 0 aliphatic rings. The summed E-state index contributed by atoms with van der Waals surface area (Å²) in [7, 11) is 0. The number of hydrogen-bond acceptors (Lipinski definition) is 5. The molecule has 0 radical (unpaired) electrons. The smallest absolute Gasteiger partial charge is 0.226 e. The van der Waals surface area contributed by atoms with E-state index < -0.39 is 0 Å². The zero-order chi connectivity index (χ0) is 19.8. The van der Waals surface area contributed by atoms with Gasteiger partial charge in [0.2, 0.25) is 17.6 Å². The van der Waals surface area contributed by atoms with Crippen LogP contribution in [0.25, 0.3) is 11.4 Å². The molecule has 0 saturated heterocycles. The van der Waals surface area contributed by atoms with Gasteiger partial charge in [-0.3, -0.25) is 4.79 Å². The molecule has 0 atom stereocenters. The molecule has 0 bridgehead atoms. The van der Waals surface area contributed by atoms with Crippen LogP contribution in [0.15, 0.2) is 53.1 Å². The number of carbonyl (C=O) groups excluding carboxylic acids is 1. The van der Waals surface area contributed by atoms with Crippen molar-refractivity contribution in [2.45, 2.75) is 32.7 Å². The van der Waals surface area contributed by atoms with E-state index in [1.807, 2.05) is 24.3 Å². The highest BCUT2D eigenvalue weighted by molar-refractivity contribution is 5.90. The monoisotopic (exact) mass is 382 g/mol. The van der Waals surface area contributed by atoms with Crippen LogP contribution in [0.1, 0.15) is 31.2 Å². The lowest BCUT2D eigenvalue weighted by molar-refractivity contribution is -0.116. The molecule has 3 aromatic rings. The topological polar surface area (TPSA) is 80.0 Å². The van der Waals surface area contributed by atoms with Crippen LogP contribution in [0.3, 0.4) is 0 Å². The number of rotatable bonds is 9. The first kappa shape index (κ1) is 19.7. The van der Waals surface area contributed by atoms with Gasteiger partial charge in [0.05, 0.1) is 0 Å². The Labute approximate surface area is 163 Å². The molecule has 0 unspecified atom stereocenters. The average molecular weight is 382 g/mol. The third-order valence-electron chi connectivity index (χ3n) is 4.15. The largest absolute Gasteiger partial charge is 0.339 e. The number of carbonyl (C=O) groups is 1. The first-order chi connectivity index (χ1) is 13.6. The molecule has 2 N–H and O–H groups in total. The summed E-state index contributed by atoms with van der Waals surface area (Å²) in [4.78, 5) is 16.4. The van der Waals surface area contributed by atoms with Crippen molar-refractivity contribution in [2.24, 2.45) is 0 Å². The zero-order valence-electron chi connectivity index (χ0n) is 15.7. The van der Waals surface area contributed by atoms with Crippen LogP contribution in [0.4, 0.5) is 10.1 Å². The summed E-state index contributed by atoms with van der Waals surface area (Å²) < 4.78 is 18.2. The fraction of sp³-hybridized carbons (Fsp3) is 0.286. The highest BCUT2D eigenvalue weighted by Gasteiger charge is 2.10. The molecule has 28 heavy (non-hydrogen) atoms. The first-order valence-corrected chi connectivity index (χ1v) is 9.32. The highest BCUT2D eigenvalue weighted by Crippen LogP contribution is 2.17. The number of hydrogen-bond donors (Lipinski definition) is 2. The third kappa shape index (κ3) is 5.72. The fourth-order valence-corrected chi connectivity index (χ4v) is 2.72. The van der Waals surface area contributed by atoms with Gasteiger partial charge in [-0.25, -0.2) is 4.39 Å². The minimum absolute atomic E-state index is 0.0566. The minimum atomic E-state index is -0.314. The van der Waals surface area contributed by atoms with E-state index >= 15 is 0 Å². The van der Waals surface area contributed by atoms with E-state index in [-0.39, 0.29) is 11.7 Å². The Morgan fingerprint density at radius 2 is 2.00 bits per heavy atom. The molecule has 2 aromatic carbocycles. The maximum absolute atomic E-state index is 13.0. The van der Waals surface area contributed by atoms with Gasteiger partial charge in [-0.05, 0) is 54.9 Å². The van der Waals surface area contributed by atoms with Crippen molar-refractivity contribution in [3.63, 3.8) is 0 Å². The van der Waals surface area contributed by atoms with E-state index in [0.29, 0.717) is 36.5 Å². The van der Waals surface area contributed by atoms with Crippen LogP contribution >= 0.6 is 0 Å². The Morgan fingerprint density at radius 3 is 2.79 bits per heavy atom. The average Bonchev–Trinajstić information content (AvgIpc) is 3.16. The zero-order valence-corrected chi connectivity index (χ0v) is 15.7. The highest BCUT2D eigenvalue weighted by atomic mass is 19.1. The molecule has 7 heteroatoms. The molecule has 1 heterocycles. The van der Waals surface area contributed by atoms with Gasteiger partial charge in [-0.1, -0.05) is 24.2 Å². The van der Waals surface area contributed by atoms with Gasteiger partial charge in [0, 0.05) is 30.6 Å². The lowest BCUT2D eigenvalue weighted by Gasteiger charge is -2.07. The van der Waals surface area contributed by atoms with Crippen molar-refractivity contribution in [3.05, 3.63) is 65.8 Å². The summed E-state index contributed by atoms with van der Waals surface area (Å²) in [6, 6.07) is 13.7. The quantitative estimate of drug-likeness (QED) is 0.586. The Balaban J connectivity index is 1.46. The van der Waals surface area contributed by atoms with Crippen molar-refractivity contribution < 1.29 is 13.7 Å². The predicted molar refractivity (Wildman–Crippen MR) is 105 cm³/mol. The van der Waals surface area contributed by atoms with E-state index in [0.717, 1.165) is 24.3 Å². The van der Waals surface area contributed by atoms with E-state index in [4.69, 9.17) is 4.52 Å². The number of aryl methyl sites for hydroxylation is 1. The maximum atomic E-state index is 13.0. The number of nitrogens with zero attached hydrogens (tertiary/aromatic N) is 2. The molecular weight excluding hydrogens is 359 g/mol. The summed E-state index contributed by atoms with van der Waals surface area (Å²) in [5, 5.41) is 10.1. The molecule has 0 aliphatic carbocycles. The van der Waals surface area contributed by atoms with Gasteiger partial charge in [0.15, 0.2) is 0 Å². The van der Waals surface area contributed by atoms with Crippen LogP contribution < -0.4 is 10.6 Å². The van der Waals surface area contributed by atoms with Crippen LogP contribution in [-0.2, 0) is 17.8 Å². The number of nitrogens with one attached hydrogen (secondary N) is 2. The van der Waals surface area contributed by atoms with E-state index in [1.165, 1.54) is 12.1 Å². The van der Waals surface area contributed by atoms with Crippen LogP contribution in [0.2, 0.25) is 0 Å². The van der Waals surface area contributed by atoms with Crippen LogP contribution in [-0.4, -0.2) is 22.6 Å². The first-order valence-electron chi connectivity index (χ1n) is 9.32. The summed E-state index contributed by atoms with van der Waals surface area (Å²) >= 11 is 0. The Bertz CT molecular complexity index is 909. The molecule has 6 nitrogen and oxygen atoms in total. The number of halogens is 1. The van der Waals surface area contributed by atoms with E-state index in [9.17, 15) is 9.18 Å². The second-order valence-corrected chi connectivity index (χ2v) is 6.40. The van der Waals surface area contributed by atoms with Crippen molar-refractivity contribution in [2.75, 3.05) is 11.9 Å². The molecule has 3 rings (SSSR count). The van der Waals surface area contributed by atoms with Crippen molar-refractivity contribution >= 4 is 11.6 Å². The van der Waals surface area contributed by atoms with Gasteiger partial charge >= 0.3 is 0 Å². The lowest BCUT2D eigenvalue weighted by atomic mass is 10.2. The van der Waals surface area contributed by atoms with Gasteiger partial charge in [0.1, 0.15) is 5.82 Å². The van der Waals surface area contributed by atoms with Crippen LogP contribution in [0.5, 0.6) is 0 Å². The summed E-state index contributed by atoms with van der Waals surface area (Å²) in [5.41, 5.74) is 2.60. The summed E-state index contributed by atoms with van der Waals surface area (Å²) in [6.07, 6.45) is 1.45. The minimum Gasteiger partial charge on any atom is -0.339 e. The molecule has 0 aliphatic heterocycles. The molecular formula is C21H23FN4O2. The van der Waals surface area contributed by atoms with E-state index in [1.54, 1.807) is 12.1 Å². The normalized spacial score (nSPS) is 10.8. The summed E-state index contributed by atoms with van der Waals surface area (Å²) in [6.45, 7) is 3.72. The second-order valence-electron chi connectivity index (χ2n) is 6.40. The molecule has 146 valence electrons. The van der Waals surface area contributed by atoms with Crippen molar-refractivity contribution in [1.82, 2.24) is 15.5 Å². The summed E-state index contributed by atoms with van der Waals surface area (Å²) in [5.74, 6) is 0.501. The standard InChI is InChI=1S/C21H23FN4O2/c1-2-23-14-15-5-3-6-18(13-15)24-19(27)7-4-8-20-25-21(26-28-20)16-9-11-17(22)12-10-16/h3,5-6,9-13,23H,2,4,7-8,14H2,1H3,(H,24,27). The maximum Gasteiger partial charge on any atom is 0.226 e. The number of benzene rings is 2. The number of anilines is 1. The molecule has 1 amide bonds. The van der Waals surface area contributed by atoms with E-state index in [2.05, 4.69) is 27.7 Å². The number of aromatic nitrogens is 2. The second kappa shape index (κ2) is 9.75. The van der Waals surface area contributed by atoms with Crippen molar-refractivity contribution in [3.8, 4) is 11.4 Å². The lowest BCUT2D eigenvalue weighted by Crippen LogP contribution is -2.14. The predicted octanol–water partition coefficient (Wildman–Crippen LogP) is 3.95. The number of amides is 1. The Morgan fingerprint density at radius 1 is 1.18 bits per heavy atom. The van der Waals surface area contributed by atoms with Crippen molar-refractivity contribution in [1.29, 1.82) is 0 Å². The SMILES string of the molecule is CCNCc1cccc(NC(=O)CCCc2nc(-c3ccc(F)cc3)no2)c1. The molecule has 0 spiro atoms. The molecule has 1 aromatic heterocycles. The van der Waals surface area contributed by atoms with Gasteiger partial charge in [-0.15, -0.1) is 0 Å². The third-order valence-corrected chi connectivity index (χ3v) is 4.15. The van der Waals surface area contributed by atoms with Gasteiger partial charge < -0.3 is 15.2 Å². The van der Waals surface area contributed by atoms with Gasteiger partial charge in [-0.2, -0.15) is 4.98 Å². The Kier molecular flexibility index (Phi) is 6.86.